The predicted molar refractivity (Wildman–Crippen MR) is 90.3 cm³/mol. The molecule has 5 nitrogen and oxygen atoms in total. The highest BCUT2D eigenvalue weighted by Gasteiger charge is 2.11. The van der Waals surface area contributed by atoms with Gasteiger partial charge in [-0.25, -0.2) is 0 Å². The Balaban J connectivity index is 1.56. The van der Waals surface area contributed by atoms with Crippen molar-refractivity contribution in [1.29, 1.82) is 0 Å². The van der Waals surface area contributed by atoms with Crippen molar-refractivity contribution in [2.24, 2.45) is 0 Å². The van der Waals surface area contributed by atoms with Gasteiger partial charge in [-0.15, -0.1) is 16.9 Å². The number of hydrogen-bond donors (Lipinski definition) is 1. The molecule has 0 aliphatic rings. The molecule has 3 rings (SSSR count). The van der Waals surface area contributed by atoms with Gasteiger partial charge in [-0.1, -0.05) is 41.0 Å². The first-order chi connectivity index (χ1) is 11.2. The largest absolute Gasteiger partial charge is 0.403 e. The third kappa shape index (κ3) is 4.20. The molecule has 0 aliphatic heterocycles. The van der Waals surface area contributed by atoms with E-state index >= 15 is 0 Å². The maximum absolute atomic E-state index is 11.9. The van der Waals surface area contributed by atoms with E-state index in [9.17, 15) is 4.79 Å². The fraction of sp³-hybridized carbons (Fsp3) is 0.118. The van der Waals surface area contributed by atoms with E-state index in [-0.39, 0.29) is 17.7 Å². The molecule has 0 bridgehead atoms. The zero-order chi connectivity index (χ0) is 16.1. The molecule has 1 amide bonds. The quantitative estimate of drug-likeness (QED) is 0.723. The lowest BCUT2D eigenvalue weighted by atomic mass is 10.2. The average molecular weight is 325 g/mol. The zero-order valence-electron chi connectivity index (χ0n) is 12.5. The van der Waals surface area contributed by atoms with Gasteiger partial charge < -0.3 is 4.42 Å². The molecule has 3 aromatic rings. The van der Waals surface area contributed by atoms with Crippen LogP contribution in [0.4, 0.5) is 6.01 Å². The summed E-state index contributed by atoms with van der Waals surface area (Å²) in [6.45, 7) is 2.03. The lowest BCUT2D eigenvalue weighted by Crippen LogP contribution is -2.14. The van der Waals surface area contributed by atoms with Crippen LogP contribution in [0, 0.1) is 6.92 Å². The van der Waals surface area contributed by atoms with Crippen molar-refractivity contribution in [3.63, 3.8) is 0 Å². The molecule has 2 aromatic carbocycles. The number of amides is 1. The van der Waals surface area contributed by atoms with Crippen molar-refractivity contribution in [2.45, 2.75) is 11.8 Å². The molecule has 6 heteroatoms. The highest BCUT2D eigenvalue weighted by Crippen LogP contribution is 2.21. The minimum atomic E-state index is -0.182. The SMILES string of the molecule is Cc1ccc(SCC(=O)Nc2nnc(-c3ccccc3)o2)cc1. The number of nitrogens with zero attached hydrogens (tertiary/aromatic N) is 2. The summed E-state index contributed by atoms with van der Waals surface area (Å²) in [6, 6.07) is 17.5. The fourth-order valence-electron chi connectivity index (χ4n) is 1.91. The van der Waals surface area contributed by atoms with E-state index in [1.165, 1.54) is 17.3 Å². The number of hydrogen-bond acceptors (Lipinski definition) is 5. The van der Waals surface area contributed by atoms with E-state index in [0.29, 0.717) is 5.89 Å². The monoisotopic (exact) mass is 325 g/mol. The molecule has 0 atom stereocenters. The summed E-state index contributed by atoms with van der Waals surface area (Å²) < 4.78 is 5.44. The van der Waals surface area contributed by atoms with Crippen LogP contribution in [-0.2, 0) is 4.79 Å². The third-order valence-corrected chi connectivity index (χ3v) is 4.10. The topological polar surface area (TPSA) is 68.0 Å². The molecule has 116 valence electrons. The molecule has 1 aromatic heterocycles. The summed E-state index contributed by atoms with van der Waals surface area (Å²) in [7, 11) is 0. The van der Waals surface area contributed by atoms with Gasteiger partial charge >= 0.3 is 6.01 Å². The van der Waals surface area contributed by atoms with Gasteiger partial charge in [-0.3, -0.25) is 10.1 Å². The number of nitrogens with one attached hydrogen (secondary N) is 1. The van der Waals surface area contributed by atoms with Gasteiger partial charge in [-0.05, 0) is 31.2 Å². The van der Waals surface area contributed by atoms with E-state index in [4.69, 9.17) is 4.42 Å². The van der Waals surface area contributed by atoms with Crippen LogP contribution < -0.4 is 5.32 Å². The van der Waals surface area contributed by atoms with Gasteiger partial charge in [0.1, 0.15) is 0 Å². The second-order valence-electron chi connectivity index (χ2n) is 4.93. The van der Waals surface area contributed by atoms with Crippen LogP contribution in [0.2, 0.25) is 0 Å². The van der Waals surface area contributed by atoms with Crippen LogP contribution in [0.1, 0.15) is 5.56 Å². The van der Waals surface area contributed by atoms with Crippen molar-refractivity contribution in [2.75, 3.05) is 11.1 Å². The number of rotatable bonds is 5. The number of aromatic nitrogens is 2. The molecule has 0 aliphatic carbocycles. The van der Waals surface area contributed by atoms with Gasteiger partial charge in [0.2, 0.25) is 11.8 Å². The molecule has 23 heavy (non-hydrogen) atoms. The standard InChI is InChI=1S/C17H15N3O2S/c1-12-7-9-14(10-8-12)23-11-15(21)18-17-20-19-16(22-17)13-5-3-2-4-6-13/h2-10H,11H2,1H3,(H,18,20,21). The zero-order valence-corrected chi connectivity index (χ0v) is 13.3. The van der Waals surface area contributed by atoms with E-state index in [2.05, 4.69) is 15.5 Å². The Hall–Kier alpha value is -2.60. The second kappa shape index (κ2) is 7.11. The Bertz CT molecular complexity index is 785. The highest BCUT2D eigenvalue weighted by molar-refractivity contribution is 8.00. The lowest BCUT2D eigenvalue weighted by molar-refractivity contribution is -0.113. The number of anilines is 1. The van der Waals surface area contributed by atoms with E-state index in [1.54, 1.807) is 0 Å². The molecule has 1 N–H and O–H groups in total. The van der Waals surface area contributed by atoms with Gasteiger partial charge in [0.25, 0.3) is 0 Å². The van der Waals surface area contributed by atoms with Gasteiger partial charge in [0.05, 0.1) is 5.75 Å². The molecular formula is C17H15N3O2S. The summed E-state index contributed by atoms with van der Waals surface area (Å²) in [5, 5.41) is 10.4. The van der Waals surface area contributed by atoms with Crippen molar-refractivity contribution >= 4 is 23.7 Å². The third-order valence-electron chi connectivity index (χ3n) is 3.08. The van der Waals surface area contributed by atoms with Crippen molar-refractivity contribution in [1.82, 2.24) is 10.2 Å². The Kier molecular flexibility index (Phi) is 4.73. The molecule has 1 heterocycles. The average Bonchev–Trinajstić information content (AvgIpc) is 3.04. The second-order valence-corrected chi connectivity index (χ2v) is 5.98. The van der Waals surface area contributed by atoms with Crippen LogP contribution in [0.15, 0.2) is 63.9 Å². The molecule has 0 radical (unpaired) electrons. The van der Waals surface area contributed by atoms with Crippen LogP contribution in [0.5, 0.6) is 0 Å². The molecular weight excluding hydrogens is 310 g/mol. The molecule has 0 saturated carbocycles. The van der Waals surface area contributed by atoms with Gasteiger partial charge in [0, 0.05) is 10.5 Å². The number of aryl methyl sites for hydroxylation is 1. The first kappa shape index (κ1) is 15.3. The van der Waals surface area contributed by atoms with E-state index in [0.717, 1.165) is 10.5 Å². The summed E-state index contributed by atoms with van der Waals surface area (Å²) in [6.07, 6.45) is 0. The van der Waals surface area contributed by atoms with Crippen molar-refractivity contribution < 1.29 is 9.21 Å². The molecule has 0 spiro atoms. The Morgan fingerprint density at radius 1 is 1.09 bits per heavy atom. The first-order valence-corrected chi connectivity index (χ1v) is 8.07. The minimum absolute atomic E-state index is 0.110. The maximum Gasteiger partial charge on any atom is 0.322 e. The Labute approximate surface area is 138 Å². The normalized spacial score (nSPS) is 10.5. The van der Waals surface area contributed by atoms with Crippen LogP contribution in [-0.4, -0.2) is 21.9 Å². The predicted octanol–water partition coefficient (Wildman–Crippen LogP) is 3.78. The minimum Gasteiger partial charge on any atom is -0.403 e. The highest BCUT2D eigenvalue weighted by atomic mass is 32.2. The van der Waals surface area contributed by atoms with Crippen molar-refractivity contribution in [3.8, 4) is 11.5 Å². The maximum atomic E-state index is 11.9. The van der Waals surface area contributed by atoms with E-state index < -0.39 is 0 Å². The number of benzene rings is 2. The summed E-state index contributed by atoms with van der Waals surface area (Å²) >= 11 is 1.46. The lowest BCUT2D eigenvalue weighted by Gasteiger charge is -2.01. The Morgan fingerprint density at radius 3 is 2.57 bits per heavy atom. The smallest absolute Gasteiger partial charge is 0.322 e. The Morgan fingerprint density at radius 2 is 1.83 bits per heavy atom. The number of carbonyl (C=O) groups is 1. The van der Waals surface area contributed by atoms with Crippen LogP contribution >= 0.6 is 11.8 Å². The summed E-state index contributed by atoms with van der Waals surface area (Å²) in [4.78, 5) is 13.0. The van der Waals surface area contributed by atoms with Gasteiger partial charge in [-0.2, -0.15) is 0 Å². The van der Waals surface area contributed by atoms with Crippen molar-refractivity contribution in [3.05, 3.63) is 60.2 Å². The summed E-state index contributed by atoms with van der Waals surface area (Å²) in [5.74, 6) is 0.484. The molecule has 0 saturated heterocycles. The van der Waals surface area contributed by atoms with Gasteiger partial charge in [0.15, 0.2) is 0 Å². The number of carbonyl (C=O) groups excluding carboxylic acids is 1. The summed E-state index contributed by atoms with van der Waals surface area (Å²) in [5.41, 5.74) is 2.01. The number of thioether (sulfide) groups is 1. The molecule has 0 unspecified atom stereocenters. The fourth-order valence-corrected chi connectivity index (χ4v) is 2.61. The first-order valence-electron chi connectivity index (χ1n) is 7.09. The van der Waals surface area contributed by atoms with Crippen LogP contribution in [0.25, 0.3) is 11.5 Å². The van der Waals surface area contributed by atoms with Crippen LogP contribution in [0.3, 0.4) is 0 Å². The van der Waals surface area contributed by atoms with E-state index in [1.807, 2.05) is 61.5 Å². The molecule has 0 fully saturated rings.